The van der Waals surface area contributed by atoms with Gasteiger partial charge in [0.1, 0.15) is 0 Å². The molecule has 6 heteroatoms. The topological polar surface area (TPSA) is 56.2 Å². The summed E-state index contributed by atoms with van der Waals surface area (Å²) in [6, 6.07) is 20.4. The summed E-state index contributed by atoms with van der Waals surface area (Å²) in [4.78, 5) is 18.3. The molecule has 2 heterocycles. The first kappa shape index (κ1) is 23.4. The molecule has 2 saturated heterocycles. The summed E-state index contributed by atoms with van der Waals surface area (Å²) in [6.45, 7) is 5.53. The number of benzene rings is 2. The smallest absolute Gasteiger partial charge is 0.254 e. The molecule has 0 saturated carbocycles. The van der Waals surface area contributed by atoms with E-state index in [9.17, 15) is 9.90 Å². The number of likely N-dealkylation sites (tertiary alicyclic amines) is 1. The van der Waals surface area contributed by atoms with E-state index >= 15 is 0 Å². The number of aliphatic hydroxyl groups excluding tert-OH is 1. The van der Waals surface area contributed by atoms with Crippen molar-refractivity contribution in [3.8, 4) is 0 Å². The minimum atomic E-state index is -0.131. The summed E-state index contributed by atoms with van der Waals surface area (Å²) >= 11 is 0. The highest BCUT2D eigenvalue weighted by molar-refractivity contribution is 5.94. The Hall–Kier alpha value is -2.25. The molecule has 2 aliphatic heterocycles. The van der Waals surface area contributed by atoms with Crippen molar-refractivity contribution in [2.24, 2.45) is 0 Å². The highest BCUT2D eigenvalue weighted by Crippen LogP contribution is 2.21. The molecule has 2 aromatic rings. The van der Waals surface area contributed by atoms with Crippen molar-refractivity contribution >= 4 is 5.91 Å². The first-order valence-corrected chi connectivity index (χ1v) is 11.1. The molecule has 31 heavy (non-hydrogen) atoms. The number of carbonyl (C=O) groups is 1. The van der Waals surface area contributed by atoms with Crippen LogP contribution in [0.2, 0.25) is 0 Å². The quantitative estimate of drug-likeness (QED) is 0.798. The third-order valence-corrected chi connectivity index (χ3v) is 5.81. The number of aliphatic hydroxyl groups is 1. The lowest BCUT2D eigenvalue weighted by molar-refractivity contribution is 0.0303. The zero-order valence-electron chi connectivity index (χ0n) is 18.7. The van der Waals surface area contributed by atoms with E-state index in [1.807, 2.05) is 35.2 Å². The number of hydrogen-bond acceptors (Lipinski definition) is 5. The third kappa shape index (κ3) is 7.14. The van der Waals surface area contributed by atoms with E-state index < -0.39 is 0 Å². The van der Waals surface area contributed by atoms with Gasteiger partial charge in [-0.1, -0.05) is 48.5 Å². The number of morpholine rings is 1. The SMILES string of the molecule is CN(C)[C@H](CN1CC[C@H](O)C1)c1ccccc1.O=C(c1ccccc1)N1CCOCC1. The molecule has 2 aliphatic rings. The average Bonchev–Trinajstić information content (AvgIpc) is 3.24. The summed E-state index contributed by atoms with van der Waals surface area (Å²) in [6.07, 6.45) is 0.781. The van der Waals surface area contributed by atoms with Gasteiger partial charge in [0.2, 0.25) is 0 Å². The highest BCUT2D eigenvalue weighted by Gasteiger charge is 2.24. The maximum atomic E-state index is 11.9. The molecular weight excluding hydrogens is 390 g/mol. The van der Waals surface area contributed by atoms with Crippen molar-refractivity contribution in [1.82, 2.24) is 14.7 Å². The molecule has 168 valence electrons. The van der Waals surface area contributed by atoms with Gasteiger partial charge in [-0.15, -0.1) is 0 Å². The van der Waals surface area contributed by atoms with Crippen molar-refractivity contribution in [2.45, 2.75) is 18.6 Å². The van der Waals surface area contributed by atoms with Crippen LogP contribution >= 0.6 is 0 Å². The molecule has 0 aromatic heterocycles. The summed E-state index contributed by atoms with van der Waals surface area (Å²) in [5.74, 6) is 0.105. The van der Waals surface area contributed by atoms with Gasteiger partial charge < -0.3 is 19.6 Å². The van der Waals surface area contributed by atoms with Gasteiger partial charge in [0.05, 0.1) is 19.3 Å². The van der Waals surface area contributed by atoms with E-state index in [4.69, 9.17) is 4.74 Å². The van der Waals surface area contributed by atoms with Crippen LogP contribution in [0.4, 0.5) is 0 Å². The van der Waals surface area contributed by atoms with Gasteiger partial charge in [-0.05, 0) is 38.2 Å². The monoisotopic (exact) mass is 425 g/mol. The molecule has 0 radical (unpaired) electrons. The minimum absolute atomic E-state index is 0.105. The second-order valence-electron chi connectivity index (χ2n) is 8.36. The molecule has 0 aliphatic carbocycles. The van der Waals surface area contributed by atoms with Gasteiger partial charge in [0.15, 0.2) is 0 Å². The number of ether oxygens (including phenoxy) is 1. The van der Waals surface area contributed by atoms with Crippen LogP contribution in [0.25, 0.3) is 0 Å². The van der Waals surface area contributed by atoms with E-state index in [2.05, 4.69) is 54.2 Å². The zero-order chi connectivity index (χ0) is 22.1. The fourth-order valence-electron chi connectivity index (χ4n) is 3.99. The summed E-state index contributed by atoms with van der Waals surface area (Å²) < 4.78 is 5.19. The number of amides is 1. The Morgan fingerprint density at radius 3 is 2.19 bits per heavy atom. The van der Waals surface area contributed by atoms with Crippen LogP contribution in [0.5, 0.6) is 0 Å². The van der Waals surface area contributed by atoms with Crippen molar-refractivity contribution < 1.29 is 14.6 Å². The lowest BCUT2D eigenvalue weighted by Gasteiger charge is -2.29. The van der Waals surface area contributed by atoms with E-state index in [0.717, 1.165) is 31.6 Å². The van der Waals surface area contributed by atoms with Crippen molar-refractivity contribution in [2.75, 3.05) is 60.0 Å². The summed E-state index contributed by atoms with van der Waals surface area (Å²) in [7, 11) is 4.23. The molecule has 2 atom stereocenters. The largest absolute Gasteiger partial charge is 0.392 e. The van der Waals surface area contributed by atoms with Crippen LogP contribution in [0.15, 0.2) is 60.7 Å². The second-order valence-corrected chi connectivity index (χ2v) is 8.36. The van der Waals surface area contributed by atoms with Crippen molar-refractivity contribution in [1.29, 1.82) is 0 Å². The van der Waals surface area contributed by atoms with Crippen molar-refractivity contribution in [3.63, 3.8) is 0 Å². The zero-order valence-corrected chi connectivity index (χ0v) is 18.7. The third-order valence-electron chi connectivity index (χ3n) is 5.81. The molecule has 6 nitrogen and oxygen atoms in total. The fraction of sp³-hybridized carbons (Fsp3) is 0.480. The molecule has 2 aromatic carbocycles. The van der Waals surface area contributed by atoms with Crippen LogP contribution in [0.3, 0.4) is 0 Å². The molecule has 2 fully saturated rings. The number of nitrogens with zero attached hydrogens (tertiary/aromatic N) is 3. The number of carbonyl (C=O) groups excluding carboxylic acids is 1. The fourth-order valence-corrected chi connectivity index (χ4v) is 3.99. The van der Waals surface area contributed by atoms with Crippen molar-refractivity contribution in [3.05, 3.63) is 71.8 Å². The Balaban J connectivity index is 0.000000179. The van der Waals surface area contributed by atoms with Gasteiger partial charge in [-0.2, -0.15) is 0 Å². The van der Waals surface area contributed by atoms with Crippen LogP contribution in [0, 0.1) is 0 Å². The average molecular weight is 426 g/mol. The van der Waals surface area contributed by atoms with E-state index in [-0.39, 0.29) is 12.0 Å². The maximum absolute atomic E-state index is 11.9. The summed E-state index contributed by atoms with van der Waals surface area (Å²) in [5.41, 5.74) is 2.10. The minimum Gasteiger partial charge on any atom is -0.392 e. The first-order chi connectivity index (χ1) is 15.0. The van der Waals surface area contributed by atoms with Crippen LogP contribution < -0.4 is 0 Å². The number of rotatable bonds is 5. The van der Waals surface area contributed by atoms with Crippen LogP contribution in [-0.4, -0.2) is 91.9 Å². The predicted octanol–water partition coefficient (Wildman–Crippen LogP) is 2.51. The lowest BCUT2D eigenvalue weighted by atomic mass is 10.1. The van der Waals surface area contributed by atoms with Gasteiger partial charge in [-0.25, -0.2) is 0 Å². The highest BCUT2D eigenvalue weighted by atomic mass is 16.5. The van der Waals surface area contributed by atoms with E-state index in [1.54, 1.807) is 0 Å². The van der Waals surface area contributed by atoms with Crippen LogP contribution in [0.1, 0.15) is 28.4 Å². The molecule has 0 bridgehead atoms. The molecule has 0 unspecified atom stereocenters. The number of likely N-dealkylation sites (N-methyl/N-ethyl adjacent to an activating group) is 1. The number of hydrogen-bond donors (Lipinski definition) is 1. The molecular formula is C25H35N3O3. The van der Waals surface area contributed by atoms with Crippen LogP contribution in [-0.2, 0) is 4.74 Å². The Morgan fingerprint density at radius 2 is 1.65 bits per heavy atom. The van der Waals surface area contributed by atoms with E-state index in [0.29, 0.717) is 32.3 Å². The molecule has 0 spiro atoms. The maximum Gasteiger partial charge on any atom is 0.254 e. The second kappa shape index (κ2) is 12.0. The lowest BCUT2D eigenvalue weighted by Crippen LogP contribution is -2.40. The Kier molecular flexibility index (Phi) is 9.03. The molecule has 1 amide bonds. The van der Waals surface area contributed by atoms with Gasteiger partial charge in [0.25, 0.3) is 5.91 Å². The van der Waals surface area contributed by atoms with E-state index in [1.165, 1.54) is 5.56 Å². The Morgan fingerprint density at radius 1 is 1.03 bits per heavy atom. The molecule has 4 rings (SSSR count). The normalized spacial score (nSPS) is 20.3. The summed E-state index contributed by atoms with van der Waals surface area (Å²) in [5, 5.41) is 9.57. The number of β-amino-alcohol motifs (C(OH)–C–C–N with tert-alkyl or cyclic N) is 1. The Bertz CT molecular complexity index is 779. The van der Waals surface area contributed by atoms with Gasteiger partial charge in [0, 0.05) is 44.3 Å². The van der Waals surface area contributed by atoms with Gasteiger partial charge >= 0.3 is 0 Å². The first-order valence-electron chi connectivity index (χ1n) is 11.1. The Labute approximate surface area is 186 Å². The standard InChI is InChI=1S/C14H22N2O.C11H13NO2/c1-15(2)14(12-6-4-3-5-7-12)11-16-9-8-13(17)10-16;13-11(10-4-2-1-3-5-10)12-6-8-14-9-7-12/h3-7,13-14,17H,8-11H2,1-2H3;1-5H,6-9H2/t13-,14+;/m0./s1. The predicted molar refractivity (Wildman–Crippen MR) is 123 cm³/mol. The van der Waals surface area contributed by atoms with Gasteiger partial charge in [-0.3, -0.25) is 9.69 Å². The molecule has 1 N–H and O–H groups in total.